The molecule has 1 aliphatic rings. The quantitative estimate of drug-likeness (QED) is 0.860. The van der Waals surface area contributed by atoms with Crippen molar-refractivity contribution in [2.24, 2.45) is 5.41 Å². The van der Waals surface area contributed by atoms with Crippen molar-refractivity contribution in [3.63, 3.8) is 0 Å². The van der Waals surface area contributed by atoms with E-state index >= 15 is 0 Å². The van der Waals surface area contributed by atoms with Crippen molar-refractivity contribution in [2.45, 2.75) is 32.4 Å². The maximum Gasteiger partial charge on any atom is 0.417 e. The molecule has 1 aliphatic carbocycles. The first-order chi connectivity index (χ1) is 9.27. The molecule has 20 heavy (non-hydrogen) atoms. The van der Waals surface area contributed by atoms with Crippen molar-refractivity contribution in [3.8, 4) is 0 Å². The maximum absolute atomic E-state index is 12.9. The van der Waals surface area contributed by atoms with E-state index in [-0.39, 0.29) is 5.41 Å². The SMILES string of the molecule is CCC1(CNc2ccc(C(=O)O)c(C(F)(F)F)c2)CC1. The number of nitrogens with one attached hydrogen (secondary N) is 1. The second kappa shape index (κ2) is 5.00. The number of carbonyl (C=O) groups is 1. The molecule has 0 radical (unpaired) electrons. The Morgan fingerprint density at radius 3 is 2.50 bits per heavy atom. The Balaban J connectivity index is 2.21. The van der Waals surface area contributed by atoms with Crippen LogP contribution in [-0.4, -0.2) is 17.6 Å². The predicted octanol–water partition coefficient (Wildman–Crippen LogP) is 4.01. The summed E-state index contributed by atoms with van der Waals surface area (Å²) in [5, 5.41) is 11.8. The minimum Gasteiger partial charge on any atom is -0.478 e. The molecule has 2 rings (SSSR count). The molecule has 1 fully saturated rings. The van der Waals surface area contributed by atoms with Crippen molar-refractivity contribution < 1.29 is 23.1 Å². The largest absolute Gasteiger partial charge is 0.478 e. The van der Waals surface area contributed by atoms with Gasteiger partial charge in [-0.3, -0.25) is 0 Å². The minimum atomic E-state index is -4.67. The maximum atomic E-state index is 12.9. The predicted molar refractivity (Wildman–Crippen MR) is 68.9 cm³/mol. The van der Waals surface area contributed by atoms with Gasteiger partial charge in [-0.1, -0.05) is 6.92 Å². The minimum absolute atomic E-state index is 0.198. The van der Waals surface area contributed by atoms with Crippen LogP contribution in [0.15, 0.2) is 18.2 Å². The van der Waals surface area contributed by atoms with Crippen molar-refractivity contribution in [1.82, 2.24) is 0 Å². The lowest BCUT2D eigenvalue weighted by molar-refractivity contribution is -0.138. The molecule has 0 bridgehead atoms. The molecule has 1 aromatic carbocycles. The third-order valence-electron chi connectivity index (χ3n) is 3.93. The molecule has 0 spiro atoms. The number of halogens is 3. The van der Waals surface area contributed by atoms with Gasteiger partial charge in [0.25, 0.3) is 0 Å². The molecule has 0 aliphatic heterocycles. The molecule has 0 saturated heterocycles. The van der Waals surface area contributed by atoms with E-state index in [4.69, 9.17) is 5.11 Å². The van der Waals surface area contributed by atoms with Crippen LogP contribution >= 0.6 is 0 Å². The Morgan fingerprint density at radius 1 is 1.40 bits per heavy atom. The highest BCUT2D eigenvalue weighted by atomic mass is 19.4. The van der Waals surface area contributed by atoms with Crippen molar-refractivity contribution in [2.75, 3.05) is 11.9 Å². The van der Waals surface area contributed by atoms with Gasteiger partial charge in [-0.15, -0.1) is 0 Å². The Hall–Kier alpha value is -1.72. The van der Waals surface area contributed by atoms with Gasteiger partial charge in [0.1, 0.15) is 0 Å². The fourth-order valence-corrected chi connectivity index (χ4v) is 2.20. The van der Waals surface area contributed by atoms with Gasteiger partial charge in [-0.05, 0) is 42.9 Å². The molecule has 6 heteroatoms. The molecule has 1 aromatic rings. The number of alkyl halides is 3. The Bertz CT molecular complexity index is 522. The number of carboxylic acids is 1. The van der Waals surface area contributed by atoms with Crippen LogP contribution in [0.5, 0.6) is 0 Å². The molecule has 0 unspecified atom stereocenters. The molecular weight excluding hydrogens is 271 g/mol. The summed E-state index contributed by atoms with van der Waals surface area (Å²) in [6, 6.07) is 3.25. The number of benzene rings is 1. The molecule has 2 N–H and O–H groups in total. The molecule has 1 saturated carbocycles. The van der Waals surface area contributed by atoms with Crippen molar-refractivity contribution in [1.29, 1.82) is 0 Å². The Kier molecular flexibility index (Phi) is 3.67. The summed E-state index contributed by atoms with van der Waals surface area (Å²) in [6.07, 6.45) is -1.53. The molecular formula is C14H16F3NO2. The summed E-state index contributed by atoms with van der Waals surface area (Å²) in [5.41, 5.74) is -1.33. The normalized spacial score (nSPS) is 16.8. The zero-order valence-corrected chi connectivity index (χ0v) is 11.0. The van der Waals surface area contributed by atoms with E-state index in [1.54, 1.807) is 0 Å². The number of rotatable bonds is 5. The summed E-state index contributed by atoms with van der Waals surface area (Å²) < 4.78 is 38.6. The number of carboxylic acid groups (broad SMARTS) is 1. The molecule has 0 heterocycles. The Labute approximate surface area is 114 Å². The zero-order chi connectivity index (χ0) is 15.0. The Morgan fingerprint density at radius 2 is 2.05 bits per heavy atom. The molecule has 0 amide bonds. The average Bonchev–Trinajstić information content (AvgIpc) is 3.15. The van der Waals surface area contributed by atoms with Crippen molar-refractivity contribution >= 4 is 11.7 Å². The number of hydrogen-bond donors (Lipinski definition) is 2. The van der Waals surface area contributed by atoms with Crippen LogP contribution in [-0.2, 0) is 6.18 Å². The van der Waals surface area contributed by atoms with E-state index in [1.807, 2.05) is 0 Å². The van der Waals surface area contributed by atoms with Gasteiger partial charge in [0.15, 0.2) is 0 Å². The van der Waals surface area contributed by atoms with Crippen LogP contribution in [0, 0.1) is 5.41 Å². The van der Waals surface area contributed by atoms with E-state index in [9.17, 15) is 18.0 Å². The third kappa shape index (κ3) is 3.05. The first kappa shape index (κ1) is 14.7. The summed E-state index contributed by atoms with van der Waals surface area (Å²) in [4.78, 5) is 10.8. The van der Waals surface area contributed by atoms with Crippen LogP contribution < -0.4 is 5.32 Å². The van der Waals surface area contributed by atoms with E-state index in [0.717, 1.165) is 31.4 Å². The summed E-state index contributed by atoms with van der Waals surface area (Å²) in [7, 11) is 0. The highest BCUT2D eigenvalue weighted by Gasteiger charge is 2.40. The fraction of sp³-hybridized carbons (Fsp3) is 0.500. The van der Waals surface area contributed by atoms with E-state index < -0.39 is 23.3 Å². The van der Waals surface area contributed by atoms with Gasteiger partial charge in [0, 0.05) is 12.2 Å². The summed E-state index contributed by atoms with van der Waals surface area (Å²) in [5.74, 6) is -1.57. The van der Waals surface area contributed by atoms with Crippen LogP contribution in [0.1, 0.15) is 42.1 Å². The van der Waals surface area contributed by atoms with Crippen LogP contribution in [0.25, 0.3) is 0 Å². The van der Waals surface area contributed by atoms with Gasteiger partial charge in [-0.2, -0.15) is 13.2 Å². The first-order valence-electron chi connectivity index (χ1n) is 6.46. The van der Waals surface area contributed by atoms with Gasteiger partial charge in [-0.25, -0.2) is 4.79 Å². The van der Waals surface area contributed by atoms with Crippen LogP contribution in [0.4, 0.5) is 18.9 Å². The smallest absolute Gasteiger partial charge is 0.417 e. The van der Waals surface area contributed by atoms with E-state index in [0.29, 0.717) is 12.2 Å². The van der Waals surface area contributed by atoms with Crippen LogP contribution in [0.3, 0.4) is 0 Å². The fourth-order valence-electron chi connectivity index (χ4n) is 2.20. The summed E-state index contributed by atoms with van der Waals surface area (Å²) >= 11 is 0. The first-order valence-corrected chi connectivity index (χ1v) is 6.46. The van der Waals surface area contributed by atoms with E-state index in [2.05, 4.69) is 12.2 Å². The monoisotopic (exact) mass is 287 g/mol. The van der Waals surface area contributed by atoms with Crippen molar-refractivity contribution in [3.05, 3.63) is 29.3 Å². The zero-order valence-electron chi connectivity index (χ0n) is 11.0. The van der Waals surface area contributed by atoms with Gasteiger partial charge >= 0.3 is 12.1 Å². The van der Waals surface area contributed by atoms with Crippen LogP contribution in [0.2, 0.25) is 0 Å². The lowest BCUT2D eigenvalue weighted by Crippen LogP contribution is -2.17. The third-order valence-corrected chi connectivity index (χ3v) is 3.93. The van der Waals surface area contributed by atoms with Gasteiger partial charge in [0.2, 0.25) is 0 Å². The average molecular weight is 287 g/mol. The standard InChI is InChI=1S/C14H16F3NO2/c1-2-13(5-6-13)8-18-9-3-4-10(12(19)20)11(7-9)14(15,16)17/h3-4,7,18H,2,5-6,8H2,1H3,(H,19,20). The van der Waals surface area contributed by atoms with Gasteiger partial charge < -0.3 is 10.4 Å². The second-order valence-electron chi connectivity index (χ2n) is 5.27. The second-order valence-corrected chi connectivity index (χ2v) is 5.27. The van der Waals surface area contributed by atoms with E-state index in [1.165, 1.54) is 6.07 Å². The lowest BCUT2D eigenvalue weighted by Gasteiger charge is -2.17. The number of anilines is 1. The number of hydrogen-bond acceptors (Lipinski definition) is 2. The highest BCUT2D eigenvalue weighted by Crippen LogP contribution is 2.48. The lowest BCUT2D eigenvalue weighted by atomic mass is 10.0. The van der Waals surface area contributed by atoms with Gasteiger partial charge in [0.05, 0.1) is 11.1 Å². The highest BCUT2D eigenvalue weighted by molar-refractivity contribution is 5.90. The number of aromatic carboxylic acids is 1. The molecule has 3 nitrogen and oxygen atoms in total. The topological polar surface area (TPSA) is 49.3 Å². The molecule has 0 atom stereocenters. The molecule has 110 valence electrons. The summed E-state index contributed by atoms with van der Waals surface area (Å²) in [6.45, 7) is 2.68. The molecule has 0 aromatic heterocycles.